The first-order chi connectivity index (χ1) is 7.70. The Morgan fingerprint density at radius 3 is 2.75 bits per heavy atom. The van der Waals surface area contributed by atoms with E-state index in [-0.39, 0.29) is 12.6 Å². The molecule has 1 atom stereocenters. The monoisotopic (exact) mass is 259 g/mol. The number of rotatable bonds is 5. The Hall–Kier alpha value is -0.280. The number of hydrogen-bond acceptors (Lipinski definition) is 2. The molecule has 1 saturated carbocycles. The van der Waals surface area contributed by atoms with Crippen molar-refractivity contribution in [1.82, 2.24) is 5.32 Å². The molecule has 0 heterocycles. The van der Waals surface area contributed by atoms with Gasteiger partial charge >= 0.3 is 0 Å². The Bertz CT molecular complexity index is 366. The fourth-order valence-corrected chi connectivity index (χ4v) is 2.12. The lowest BCUT2D eigenvalue weighted by Gasteiger charge is -2.18. The first kappa shape index (κ1) is 12.2. The summed E-state index contributed by atoms with van der Waals surface area (Å²) in [5, 5.41) is 14.0. The summed E-state index contributed by atoms with van der Waals surface area (Å²) in [7, 11) is 0. The highest BCUT2D eigenvalue weighted by Gasteiger charge is 2.23. The average Bonchev–Trinajstić information content (AvgIpc) is 3.07. The van der Waals surface area contributed by atoms with E-state index in [0.29, 0.717) is 10.0 Å². The van der Waals surface area contributed by atoms with Crippen LogP contribution >= 0.6 is 23.2 Å². The van der Waals surface area contributed by atoms with Gasteiger partial charge in [-0.15, -0.1) is 0 Å². The molecule has 1 unspecified atom stereocenters. The molecule has 1 fully saturated rings. The third kappa shape index (κ3) is 3.11. The SMILES string of the molecule is OCC(NCC1CC1)c1cc(Cl)ccc1Cl. The van der Waals surface area contributed by atoms with Crippen LogP contribution in [0, 0.1) is 5.92 Å². The second-order valence-corrected chi connectivity index (χ2v) is 5.10. The lowest BCUT2D eigenvalue weighted by molar-refractivity contribution is 0.243. The van der Waals surface area contributed by atoms with E-state index in [1.807, 2.05) is 6.07 Å². The summed E-state index contributed by atoms with van der Waals surface area (Å²) in [6, 6.07) is 5.21. The third-order valence-electron chi connectivity index (χ3n) is 2.87. The van der Waals surface area contributed by atoms with Gasteiger partial charge in [-0.25, -0.2) is 0 Å². The zero-order chi connectivity index (χ0) is 11.5. The molecule has 1 aliphatic carbocycles. The molecule has 16 heavy (non-hydrogen) atoms. The van der Waals surface area contributed by atoms with E-state index in [1.54, 1.807) is 12.1 Å². The highest BCUT2D eigenvalue weighted by Crippen LogP contribution is 2.30. The van der Waals surface area contributed by atoms with Crippen LogP contribution in [0.3, 0.4) is 0 Å². The van der Waals surface area contributed by atoms with E-state index in [9.17, 15) is 5.11 Å². The summed E-state index contributed by atoms with van der Waals surface area (Å²) >= 11 is 12.0. The summed E-state index contributed by atoms with van der Waals surface area (Å²) in [4.78, 5) is 0. The Kier molecular flexibility index (Phi) is 4.09. The molecule has 0 aromatic heterocycles. The topological polar surface area (TPSA) is 32.3 Å². The summed E-state index contributed by atoms with van der Waals surface area (Å²) in [6.07, 6.45) is 2.57. The van der Waals surface area contributed by atoms with Crippen LogP contribution in [0.2, 0.25) is 10.0 Å². The number of aliphatic hydroxyl groups is 1. The van der Waals surface area contributed by atoms with Crippen LogP contribution in [0.25, 0.3) is 0 Å². The van der Waals surface area contributed by atoms with Gasteiger partial charge in [-0.3, -0.25) is 0 Å². The first-order valence-corrected chi connectivity index (χ1v) is 6.25. The second kappa shape index (κ2) is 5.37. The van der Waals surface area contributed by atoms with Gasteiger partial charge in [-0.05, 0) is 49.1 Å². The van der Waals surface area contributed by atoms with Crippen LogP contribution < -0.4 is 5.32 Å². The lowest BCUT2D eigenvalue weighted by atomic mass is 10.1. The van der Waals surface area contributed by atoms with Gasteiger partial charge in [0.05, 0.1) is 12.6 Å². The van der Waals surface area contributed by atoms with Gasteiger partial charge in [0.1, 0.15) is 0 Å². The molecule has 1 aliphatic rings. The Labute approximate surface area is 106 Å². The molecular weight excluding hydrogens is 245 g/mol. The Balaban J connectivity index is 2.07. The molecule has 4 heteroatoms. The molecule has 2 nitrogen and oxygen atoms in total. The molecule has 2 rings (SSSR count). The molecule has 0 saturated heterocycles. The predicted octanol–water partition coefficient (Wildman–Crippen LogP) is 3.03. The van der Waals surface area contributed by atoms with Crippen molar-refractivity contribution >= 4 is 23.2 Å². The maximum Gasteiger partial charge on any atom is 0.0627 e. The van der Waals surface area contributed by atoms with Crippen molar-refractivity contribution in [2.45, 2.75) is 18.9 Å². The highest BCUT2D eigenvalue weighted by molar-refractivity contribution is 6.33. The fourth-order valence-electron chi connectivity index (χ4n) is 1.69. The second-order valence-electron chi connectivity index (χ2n) is 4.25. The van der Waals surface area contributed by atoms with Crippen LogP contribution in [-0.2, 0) is 0 Å². The van der Waals surface area contributed by atoms with Gasteiger partial charge in [0.25, 0.3) is 0 Å². The van der Waals surface area contributed by atoms with Crippen molar-refractivity contribution in [2.24, 2.45) is 5.92 Å². The van der Waals surface area contributed by atoms with Gasteiger partial charge in [-0.2, -0.15) is 0 Å². The largest absolute Gasteiger partial charge is 0.394 e. The van der Waals surface area contributed by atoms with Crippen molar-refractivity contribution in [3.05, 3.63) is 33.8 Å². The van der Waals surface area contributed by atoms with Gasteiger partial charge in [-0.1, -0.05) is 23.2 Å². The molecule has 0 spiro atoms. The van der Waals surface area contributed by atoms with Crippen molar-refractivity contribution in [2.75, 3.05) is 13.2 Å². The molecule has 0 bridgehead atoms. The van der Waals surface area contributed by atoms with Gasteiger partial charge in [0, 0.05) is 10.0 Å². The molecular formula is C12H15Cl2NO. The molecule has 88 valence electrons. The van der Waals surface area contributed by atoms with E-state index in [4.69, 9.17) is 23.2 Å². The summed E-state index contributed by atoms with van der Waals surface area (Å²) in [5.74, 6) is 0.770. The maximum absolute atomic E-state index is 9.36. The van der Waals surface area contributed by atoms with E-state index in [0.717, 1.165) is 18.0 Å². The molecule has 0 radical (unpaired) electrons. The first-order valence-electron chi connectivity index (χ1n) is 5.50. The fraction of sp³-hybridized carbons (Fsp3) is 0.500. The standard InChI is InChI=1S/C12H15Cl2NO/c13-9-3-4-11(14)10(5-9)12(7-16)15-6-8-1-2-8/h3-5,8,12,15-16H,1-2,6-7H2. The minimum absolute atomic E-state index is 0.0345. The van der Waals surface area contributed by atoms with E-state index >= 15 is 0 Å². The number of benzene rings is 1. The quantitative estimate of drug-likeness (QED) is 0.852. The average molecular weight is 260 g/mol. The van der Waals surface area contributed by atoms with E-state index in [1.165, 1.54) is 12.8 Å². The Morgan fingerprint density at radius 1 is 1.38 bits per heavy atom. The summed E-state index contributed by atoms with van der Waals surface area (Å²) < 4.78 is 0. The van der Waals surface area contributed by atoms with E-state index < -0.39 is 0 Å². The highest BCUT2D eigenvalue weighted by atomic mass is 35.5. The smallest absolute Gasteiger partial charge is 0.0627 e. The van der Waals surface area contributed by atoms with Crippen LogP contribution in [-0.4, -0.2) is 18.3 Å². The van der Waals surface area contributed by atoms with Gasteiger partial charge in [0.2, 0.25) is 0 Å². The van der Waals surface area contributed by atoms with Gasteiger partial charge in [0.15, 0.2) is 0 Å². The number of aliphatic hydroxyl groups excluding tert-OH is 1. The molecule has 1 aromatic rings. The van der Waals surface area contributed by atoms with Gasteiger partial charge < -0.3 is 10.4 Å². The van der Waals surface area contributed by atoms with Crippen molar-refractivity contribution in [3.63, 3.8) is 0 Å². The van der Waals surface area contributed by atoms with Crippen molar-refractivity contribution < 1.29 is 5.11 Å². The van der Waals surface area contributed by atoms with Crippen LogP contribution in [0.5, 0.6) is 0 Å². The van der Waals surface area contributed by atoms with Crippen LogP contribution in [0.1, 0.15) is 24.4 Å². The predicted molar refractivity (Wildman–Crippen MR) is 67.0 cm³/mol. The molecule has 0 amide bonds. The number of nitrogens with one attached hydrogen (secondary N) is 1. The third-order valence-corrected chi connectivity index (χ3v) is 3.45. The minimum atomic E-state index is -0.119. The normalized spacial score (nSPS) is 17.4. The van der Waals surface area contributed by atoms with Crippen LogP contribution in [0.4, 0.5) is 0 Å². The van der Waals surface area contributed by atoms with E-state index in [2.05, 4.69) is 5.32 Å². The summed E-state index contributed by atoms with van der Waals surface area (Å²) in [6.45, 7) is 0.973. The van der Waals surface area contributed by atoms with Crippen LogP contribution in [0.15, 0.2) is 18.2 Å². The Morgan fingerprint density at radius 2 is 2.12 bits per heavy atom. The molecule has 2 N–H and O–H groups in total. The zero-order valence-electron chi connectivity index (χ0n) is 8.92. The maximum atomic E-state index is 9.36. The molecule has 1 aromatic carbocycles. The lowest BCUT2D eigenvalue weighted by Crippen LogP contribution is -2.26. The number of hydrogen-bond donors (Lipinski definition) is 2. The van der Waals surface area contributed by atoms with Crippen molar-refractivity contribution in [1.29, 1.82) is 0 Å². The number of halogens is 2. The zero-order valence-corrected chi connectivity index (χ0v) is 10.4. The molecule has 0 aliphatic heterocycles. The minimum Gasteiger partial charge on any atom is -0.394 e. The van der Waals surface area contributed by atoms with Crippen molar-refractivity contribution in [3.8, 4) is 0 Å². The summed E-state index contributed by atoms with van der Waals surface area (Å²) in [5.41, 5.74) is 0.873.